The van der Waals surface area contributed by atoms with Gasteiger partial charge in [-0.2, -0.15) is 0 Å². The van der Waals surface area contributed by atoms with E-state index in [-0.39, 0.29) is 12.0 Å². The van der Waals surface area contributed by atoms with Crippen molar-refractivity contribution in [3.8, 4) is 0 Å². The molecule has 1 saturated heterocycles. The third kappa shape index (κ3) is 3.52. The first-order valence-corrected chi connectivity index (χ1v) is 7.91. The minimum Gasteiger partial charge on any atom is -0.378 e. The Labute approximate surface area is 125 Å². The van der Waals surface area contributed by atoms with Crippen LogP contribution in [-0.2, 0) is 0 Å². The number of halogens is 1. The van der Waals surface area contributed by atoms with E-state index in [1.807, 2.05) is 0 Å². The number of hydrogen-bond donors (Lipinski definition) is 2. The second-order valence-electron chi connectivity index (χ2n) is 6.48. The van der Waals surface area contributed by atoms with Gasteiger partial charge < -0.3 is 10.4 Å². The van der Waals surface area contributed by atoms with Gasteiger partial charge in [0.15, 0.2) is 11.6 Å². The van der Waals surface area contributed by atoms with Crippen molar-refractivity contribution in [2.75, 3.05) is 25.0 Å². The van der Waals surface area contributed by atoms with Crippen molar-refractivity contribution in [3.05, 3.63) is 24.1 Å². The van der Waals surface area contributed by atoms with Crippen LogP contribution in [0.5, 0.6) is 0 Å². The molecule has 1 saturated carbocycles. The maximum absolute atomic E-state index is 13.5. The Morgan fingerprint density at radius 3 is 2.81 bits per heavy atom. The van der Waals surface area contributed by atoms with Crippen LogP contribution in [0.2, 0.25) is 0 Å². The number of piperidine rings is 1. The molecule has 21 heavy (non-hydrogen) atoms. The summed E-state index contributed by atoms with van der Waals surface area (Å²) in [7, 11) is 0. The lowest BCUT2D eigenvalue weighted by atomic mass is 9.96. The van der Waals surface area contributed by atoms with Gasteiger partial charge in [-0.25, -0.2) is 9.37 Å². The molecule has 1 aliphatic carbocycles. The molecule has 3 atom stereocenters. The summed E-state index contributed by atoms with van der Waals surface area (Å²) in [5, 5.41) is 13.4. The zero-order valence-corrected chi connectivity index (χ0v) is 12.5. The van der Waals surface area contributed by atoms with Gasteiger partial charge in [-0.15, -0.1) is 0 Å². The largest absolute Gasteiger partial charge is 0.378 e. The van der Waals surface area contributed by atoms with Crippen molar-refractivity contribution in [1.82, 2.24) is 9.88 Å². The van der Waals surface area contributed by atoms with Gasteiger partial charge in [0, 0.05) is 31.7 Å². The summed E-state index contributed by atoms with van der Waals surface area (Å²) in [6, 6.07) is 3.02. The van der Waals surface area contributed by atoms with Gasteiger partial charge in [0.2, 0.25) is 0 Å². The SMILES string of the molecule is C[C@@H]1C[C@H]1C(O)N1CCC(CNc2ncccc2F)CC1. The predicted octanol–water partition coefficient (Wildman–Crippen LogP) is 2.32. The minimum atomic E-state index is -0.298. The summed E-state index contributed by atoms with van der Waals surface area (Å²) in [4.78, 5) is 6.21. The molecule has 2 aliphatic rings. The first-order chi connectivity index (χ1) is 10.1. The maximum atomic E-state index is 13.5. The first-order valence-electron chi connectivity index (χ1n) is 7.91. The number of nitrogens with zero attached hydrogens (tertiary/aromatic N) is 2. The van der Waals surface area contributed by atoms with Crippen LogP contribution in [0.25, 0.3) is 0 Å². The van der Waals surface area contributed by atoms with E-state index in [1.165, 1.54) is 6.07 Å². The number of nitrogens with one attached hydrogen (secondary N) is 1. The van der Waals surface area contributed by atoms with E-state index in [0.717, 1.165) is 38.9 Å². The molecule has 0 spiro atoms. The molecule has 0 aromatic carbocycles. The van der Waals surface area contributed by atoms with Crippen LogP contribution in [0, 0.1) is 23.6 Å². The predicted molar refractivity (Wildman–Crippen MR) is 80.3 cm³/mol. The molecular formula is C16H24FN3O. The van der Waals surface area contributed by atoms with Crippen molar-refractivity contribution in [3.63, 3.8) is 0 Å². The fraction of sp³-hybridized carbons (Fsp3) is 0.688. The highest BCUT2D eigenvalue weighted by Crippen LogP contribution is 2.42. The topological polar surface area (TPSA) is 48.4 Å². The lowest BCUT2D eigenvalue weighted by Gasteiger charge is -2.35. The van der Waals surface area contributed by atoms with Gasteiger partial charge in [-0.1, -0.05) is 6.92 Å². The van der Waals surface area contributed by atoms with Crippen molar-refractivity contribution in [1.29, 1.82) is 0 Å². The summed E-state index contributed by atoms with van der Waals surface area (Å²) in [6.45, 7) is 4.81. The van der Waals surface area contributed by atoms with E-state index in [4.69, 9.17) is 0 Å². The van der Waals surface area contributed by atoms with Crippen LogP contribution in [0.3, 0.4) is 0 Å². The lowest BCUT2D eigenvalue weighted by Crippen LogP contribution is -2.43. The number of aromatic nitrogens is 1. The third-order valence-corrected chi connectivity index (χ3v) is 4.89. The zero-order valence-electron chi connectivity index (χ0n) is 12.5. The number of likely N-dealkylation sites (tertiary alicyclic amines) is 1. The third-order valence-electron chi connectivity index (χ3n) is 4.89. The minimum absolute atomic E-state index is 0.262. The molecule has 116 valence electrons. The normalized spacial score (nSPS) is 28.3. The van der Waals surface area contributed by atoms with Gasteiger partial charge >= 0.3 is 0 Å². The Bertz CT molecular complexity index is 476. The quantitative estimate of drug-likeness (QED) is 0.875. The molecule has 1 unspecified atom stereocenters. The Kier molecular flexibility index (Phi) is 4.40. The standard InChI is InChI=1S/C16H24FN3O/c1-11-9-13(11)16(21)20-7-4-12(5-8-20)10-19-15-14(17)3-2-6-18-15/h2-3,6,11-13,16,21H,4-5,7-10H2,1H3,(H,18,19)/t11-,13-,16?/m1/s1. The number of pyridine rings is 1. The number of rotatable bonds is 5. The fourth-order valence-corrected chi connectivity index (χ4v) is 3.22. The van der Waals surface area contributed by atoms with Gasteiger partial charge in [0.1, 0.15) is 6.23 Å². The molecule has 3 rings (SSSR count). The molecule has 2 fully saturated rings. The number of hydrogen-bond acceptors (Lipinski definition) is 4. The number of aliphatic hydroxyl groups is 1. The van der Waals surface area contributed by atoms with Crippen LogP contribution in [0.1, 0.15) is 26.2 Å². The van der Waals surface area contributed by atoms with Crippen LogP contribution >= 0.6 is 0 Å². The van der Waals surface area contributed by atoms with E-state index in [1.54, 1.807) is 12.3 Å². The number of aliphatic hydroxyl groups excluding tert-OH is 1. The van der Waals surface area contributed by atoms with Crippen molar-refractivity contribution in [2.45, 2.75) is 32.4 Å². The highest BCUT2D eigenvalue weighted by atomic mass is 19.1. The summed E-state index contributed by atoms with van der Waals surface area (Å²) < 4.78 is 13.5. The van der Waals surface area contributed by atoms with Crippen LogP contribution in [0.15, 0.2) is 18.3 Å². The van der Waals surface area contributed by atoms with Crippen molar-refractivity contribution in [2.24, 2.45) is 17.8 Å². The molecule has 4 nitrogen and oxygen atoms in total. The maximum Gasteiger partial charge on any atom is 0.165 e. The highest BCUT2D eigenvalue weighted by Gasteiger charge is 2.41. The lowest BCUT2D eigenvalue weighted by molar-refractivity contribution is -0.0333. The molecule has 2 N–H and O–H groups in total. The Balaban J connectivity index is 1.43. The monoisotopic (exact) mass is 293 g/mol. The smallest absolute Gasteiger partial charge is 0.165 e. The summed E-state index contributed by atoms with van der Waals surface area (Å²) in [5.74, 6) is 1.71. The first kappa shape index (κ1) is 14.7. The molecule has 5 heteroatoms. The van der Waals surface area contributed by atoms with Gasteiger partial charge in [0.05, 0.1) is 0 Å². The van der Waals surface area contributed by atoms with Crippen molar-refractivity contribution >= 4 is 5.82 Å². The van der Waals surface area contributed by atoms with Gasteiger partial charge in [-0.05, 0) is 43.2 Å². The Hall–Kier alpha value is -1.20. The second kappa shape index (κ2) is 6.28. The van der Waals surface area contributed by atoms with Crippen molar-refractivity contribution < 1.29 is 9.50 Å². The molecule has 1 aromatic heterocycles. The average Bonchev–Trinajstić information content (AvgIpc) is 3.23. The van der Waals surface area contributed by atoms with E-state index in [2.05, 4.69) is 22.1 Å². The van der Waals surface area contributed by atoms with E-state index in [0.29, 0.717) is 23.6 Å². The Morgan fingerprint density at radius 2 is 2.19 bits per heavy atom. The summed E-state index contributed by atoms with van der Waals surface area (Å²) >= 11 is 0. The fourth-order valence-electron chi connectivity index (χ4n) is 3.22. The molecule has 1 aromatic rings. The van der Waals surface area contributed by atoms with E-state index < -0.39 is 0 Å². The summed E-state index contributed by atoms with van der Waals surface area (Å²) in [6.07, 6.45) is 4.57. The number of anilines is 1. The van der Waals surface area contributed by atoms with E-state index in [9.17, 15) is 9.50 Å². The molecule has 0 amide bonds. The Morgan fingerprint density at radius 1 is 1.48 bits per heavy atom. The molecule has 1 aliphatic heterocycles. The average molecular weight is 293 g/mol. The van der Waals surface area contributed by atoms with Gasteiger partial charge in [0.25, 0.3) is 0 Å². The molecule has 2 heterocycles. The molecular weight excluding hydrogens is 269 g/mol. The zero-order chi connectivity index (χ0) is 14.8. The van der Waals surface area contributed by atoms with E-state index >= 15 is 0 Å². The molecule has 0 bridgehead atoms. The second-order valence-corrected chi connectivity index (χ2v) is 6.48. The molecule has 0 radical (unpaired) electrons. The van der Waals surface area contributed by atoms with Crippen LogP contribution < -0.4 is 5.32 Å². The van der Waals surface area contributed by atoms with Crippen LogP contribution in [0.4, 0.5) is 10.2 Å². The van der Waals surface area contributed by atoms with Gasteiger partial charge in [-0.3, -0.25) is 4.90 Å². The van der Waals surface area contributed by atoms with Crippen LogP contribution in [-0.4, -0.2) is 40.9 Å². The summed E-state index contributed by atoms with van der Waals surface area (Å²) in [5.41, 5.74) is 0. The highest BCUT2D eigenvalue weighted by molar-refractivity contribution is 5.35.